The molecule has 1 aromatic rings. The predicted molar refractivity (Wildman–Crippen MR) is 69.5 cm³/mol. The standard InChI is InChI=1S/C15H20FNO/c1-15(2,3)14(18)17-9-5-8-13(17)11-6-4-7-12(16)10-11/h4,6-7,10,13H,5,8-9H2,1-3H3/t13-/m1/s1. The van der Waals surface area contributed by atoms with Crippen molar-refractivity contribution in [2.45, 2.75) is 39.7 Å². The molecule has 0 radical (unpaired) electrons. The molecular weight excluding hydrogens is 229 g/mol. The SMILES string of the molecule is CC(C)(C)C(=O)N1CCC[C@@H]1c1cccc(F)c1. The Hall–Kier alpha value is -1.38. The number of likely N-dealkylation sites (tertiary alicyclic amines) is 1. The van der Waals surface area contributed by atoms with Crippen LogP contribution >= 0.6 is 0 Å². The van der Waals surface area contributed by atoms with Gasteiger partial charge in [-0.2, -0.15) is 0 Å². The van der Waals surface area contributed by atoms with E-state index in [0.717, 1.165) is 24.9 Å². The fourth-order valence-electron chi connectivity index (χ4n) is 2.50. The largest absolute Gasteiger partial charge is 0.335 e. The molecule has 3 heteroatoms. The molecule has 2 rings (SSSR count). The van der Waals surface area contributed by atoms with Crippen molar-refractivity contribution >= 4 is 5.91 Å². The normalized spacial score (nSPS) is 20.2. The van der Waals surface area contributed by atoms with Crippen LogP contribution in [0.5, 0.6) is 0 Å². The van der Waals surface area contributed by atoms with Gasteiger partial charge in [0.05, 0.1) is 6.04 Å². The molecule has 0 bridgehead atoms. The van der Waals surface area contributed by atoms with Crippen molar-refractivity contribution in [2.75, 3.05) is 6.54 Å². The number of nitrogens with zero attached hydrogens (tertiary/aromatic N) is 1. The number of hydrogen-bond donors (Lipinski definition) is 0. The topological polar surface area (TPSA) is 20.3 Å². The van der Waals surface area contributed by atoms with Crippen LogP contribution in [0, 0.1) is 11.2 Å². The highest BCUT2D eigenvalue weighted by molar-refractivity contribution is 5.82. The first-order valence-electron chi connectivity index (χ1n) is 6.46. The molecule has 1 saturated heterocycles. The Morgan fingerprint density at radius 1 is 1.39 bits per heavy atom. The second kappa shape index (κ2) is 4.71. The van der Waals surface area contributed by atoms with Gasteiger partial charge in [0.25, 0.3) is 0 Å². The number of benzene rings is 1. The number of amides is 1. The van der Waals surface area contributed by atoms with Gasteiger partial charge in [0.2, 0.25) is 5.91 Å². The van der Waals surface area contributed by atoms with E-state index < -0.39 is 0 Å². The van der Waals surface area contributed by atoms with E-state index in [1.54, 1.807) is 12.1 Å². The van der Waals surface area contributed by atoms with Gasteiger partial charge in [0.15, 0.2) is 0 Å². The van der Waals surface area contributed by atoms with Gasteiger partial charge < -0.3 is 4.90 Å². The fourth-order valence-corrected chi connectivity index (χ4v) is 2.50. The molecule has 0 N–H and O–H groups in total. The van der Waals surface area contributed by atoms with Crippen molar-refractivity contribution in [3.63, 3.8) is 0 Å². The molecule has 0 aromatic heterocycles. The second-order valence-electron chi connectivity index (χ2n) is 5.96. The fraction of sp³-hybridized carbons (Fsp3) is 0.533. The molecule has 1 amide bonds. The van der Waals surface area contributed by atoms with E-state index in [-0.39, 0.29) is 23.2 Å². The van der Waals surface area contributed by atoms with E-state index in [4.69, 9.17) is 0 Å². The van der Waals surface area contributed by atoms with E-state index in [2.05, 4.69) is 0 Å². The molecule has 0 unspecified atom stereocenters. The maximum Gasteiger partial charge on any atom is 0.228 e. The quantitative estimate of drug-likeness (QED) is 0.745. The third-order valence-electron chi connectivity index (χ3n) is 3.39. The van der Waals surface area contributed by atoms with Crippen LogP contribution < -0.4 is 0 Å². The van der Waals surface area contributed by atoms with E-state index in [9.17, 15) is 9.18 Å². The van der Waals surface area contributed by atoms with Crippen molar-refractivity contribution < 1.29 is 9.18 Å². The summed E-state index contributed by atoms with van der Waals surface area (Å²) < 4.78 is 13.3. The highest BCUT2D eigenvalue weighted by atomic mass is 19.1. The summed E-state index contributed by atoms with van der Waals surface area (Å²) in [7, 11) is 0. The number of carbonyl (C=O) groups is 1. The van der Waals surface area contributed by atoms with Crippen LogP contribution in [-0.2, 0) is 4.79 Å². The number of rotatable bonds is 1. The Labute approximate surface area is 108 Å². The molecule has 1 aliphatic heterocycles. The third-order valence-corrected chi connectivity index (χ3v) is 3.39. The van der Waals surface area contributed by atoms with Gasteiger partial charge in [-0.05, 0) is 30.5 Å². The second-order valence-corrected chi connectivity index (χ2v) is 5.96. The maximum atomic E-state index is 13.3. The molecule has 0 aliphatic carbocycles. The van der Waals surface area contributed by atoms with Crippen LogP contribution in [0.15, 0.2) is 24.3 Å². The first kappa shape index (κ1) is 13.1. The van der Waals surface area contributed by atoms with E-state index in [0.29, 0.717) is 0 Å². The minimum Gasteiger partial charge on any atom is -0.335 e. The lowest BCUT2D eigenvalue weighted by atomic mass is 9.93. The van der Waals surface area contributed by atoms with Crippen molar-refractivity contribution in [1.82, 2.24) is 4.90 Å². The van der Waals surface area contributed by atoms with E-state index in [1.807, 2.05) is 31.7 Å². The van der Waals surface area contributed by atoms with Gasteiger partial charge in [0.1, 0.15) is 5.82 Å². The first-order valence-corrected chi connectivity index (χ1v) is 6.46. The molecule has 2 nitrogen and oxygen atoms in total. The molecule has 1 aliphatic rings. The summed E-state index contributed by atoms with van der Waals surface area (Å²) in [5.41, 5.74) is 0.528. The summed E-state index contributed by atoms with van der Waals surface area (Å²) in [5.74, 6) is -0.0863. The summed E-state index contributed by atoms with van der Waals surface area (Å²) in [4.78, 5) is 14.3. The summed E-state index contributed by atoms with van der Waals surface area (Å²) in [6.45, 7) is 6.56. The van der Waals surface area contributed by atoms with Gasteiger partial charge >= 0.3 is 0 Å². The van der Waals surface area contributed by atoms with Crippen LogP contribution in [0.4, 0.5) is 4.39 Å². The molecule has 0 spiro atoms. The molecule has 0 saturated carbocycles. The summed E-state index contributed by atoms with van der Waals surface area (Å²) in [6, 6.07) is 6.63. The summed E-state index contributed by atoms with van der Waals surface area (Å²) in [6.07, 6.45) is 1.91. The Morgan fingerprint density at radius 3 is 2.72 bits per heavy atom. The zero-order valence-corrected chi connectivity index (χ0v) is 11.2. The highest BCUT2D eigenvalue weighted by Crippen LogP contribution is 2.35. The third kappa shape index (κ3) is 2.55. The van der Waals surface area contributed by atoms with Gasteiger partial charge in [-0.1, -0.05) is 32.9 Å². The molecule has 1 heterocycles. The van der Waals surface area contributed by atoms with Gasteiger partial charge in [0, 0.05) is 12.0 Å². The molecule has 1 aromatic carbocycles. The Balaban J connectivity index is 2.25. The van der Waals surface area contributed by atoms with Crippen LogP contribution in [0.25, 0.3) is 0 Å². The smallest absolute Gasteiger partial charge is 0.228 e. The minimum absolute atomic E-state index is 0.0347. The number of carbonyl (C=O) groups excluding carboxylic acids is 1. The summed E-state index contributed by atoms with van der Waals surface area (Å²) >= 11 is 0. The molecule has 1 fully saturated rings. The van der Waals surface area contributed by atoms with Gasteiger partial charge in [-0.3, -0.25) is 4.79 Å². The average molecular weight is 249 g/mol. The molecule has 18 heavy (non-hydrogen) atoms. The minimum atomic E-state index is -0.379. The Morgan fingerprint density at radius 2 is 2.11 bits per heavy atom. The van der Waals surface area contributed by atoms with Crippen molar-refractivity contribution in [2.24, 2.45) is 5.41 Å². The van der Waals surface area contributed by atoms with Crippen molar-refractivity contribution in [1.29, 1.82) is 0 Å². The molecule has 1 atom stereocenters. The lowest BCUT2D eigenvalue weighted by molar-refractivity contribution is -0.140. The molecular formula is C15H20FNO. The predicted octanol–water partition coefficient (Wildman–Crippen LogP) is 3.54. The maximum absolute atomic E-state index is 13.3. The van der Waals surface area contributed by atoms with Crippen LogP contribution in [0.2, 0.25) is 0 Å². The monoisotopic (exact) mass is 249 g/mol. The average Bonchev–Trinajstić information content (AvgIpc) is 2.75. The lowest BCUT2D eigenvalue weighted by Gasteiger charge is -2.31. The summed E-state index contributed by atoms with van der Waals surface area (Å²) in [5, 5.41) is 0. The van der Waals surface area contributed by atoms with Crippen molar-refractivity contribution in [3.8, 4) is 0 Å². The lowest BCUT2D eigenvalue weighted by Crippen LogP contribution is -2.38. The first-order chi connectivity index (χ1) is 8.39. The Kier molecular flexibility index (Phi) is 3.42. The molecule has 98 valence electrons. The van der Waals surface area contributed by atoms with Gasteiger partial charge in [-0.15, -0.1) is 0 Å². The number of hydrogen-bond acceptors (Lipinski definition) is 1. The Bertz CT molecular complexity index is 450. The van der Waals surface area contributed by atoms with Crippen LogP contribution in [0.1, 0.15) is 45.2 Å². The van der Waals surface area contributed by atoms with Crippen molar-refractivity contribution in [3.05, 3.63) is 35.6 Å². The van der Waals surface area contributed by atoms with Gasteiger partial charge in [-0.25, -0.2) is 4.39 Å². The van der Waals surface area contributed by atoms with E-state index >= 15 is 0 Å². The highest BCUT2D eigenvalue weighted by Gasteiger charge is 2.35. The van der Waals surface area contributed by atoms with Crippen LogP contribution in [-0.4, -0.2) is 17.4 Å². The number of halogens is 1. The van der Waals surface area contributed by atoms with Crippen LogP contribution in [0.3, 0.4) is 0 Å². The van der Waals surface area contributed by atoms with E-state index in [1.165, 1.54) is 6.07 Å². The zero-order valence-electron chi connectivity index (χ0n) is 11.2. The zero-order chi connectivity index (χ0) is 13.3.